The first-order chi connectivity index (χ1) is 9.11. The Morgan fingerprint density at radius 2 is 1.79 bits per heavy atom. The van der Waals surface area contributed by atoms with E-state index in [0.29, 0.717) is 10.7 Å². The van der Waals surface area contributed by atoms with Crippen LogP contribution < -0.4 is 5.32 Å². The van der Waals surface area contributed by atoms with Gasteiger partial charge in [-0.3, -0.25) is 0 Å². The van der Waals surface area contributed by atoms with Gasteiger partial charge in [-0.15, -0.1) is 0 Å². The third kappa shape index (κ3) is 3.01. The van der Waals surface area contributed by atoms with Crippen LogP contribution in [0.25, 0.3) is 0 Å². The van der Waals surface area contributed by atoms with E-state index in [-0.39, 0.29) is 5.56 Å². The molecule has 1 N–H and O–H groups in total. The molecule has 5 heteroatoms. The molecule has 0 aromatic heterocycles. The van der Waals surface area contributed by atoms with Gasteiger partial charge in [0.15, 0.2) is 11.6 Å². The van der Waals surface area contributed by atoms with Crippen LogP contribution in [0.2, 0.25) is 5.02 Å². The zero-order chi connectivity index (χ0) is 13.8. The summed E-state index contributed by atoms with van der Waals surface area (Å²) in [6.45, 7) is 0. The Hall–Kier alpha value is -2.12. The van der Waals surface area contributed by atoms with Gasteiger partial charge in [0, 0.05) is 16.3 Å². The quantitative estimate of drug-likeness (QED) is 0.909. The third-order valence-electron chi connectivity index (χ3n) is 2.58. The van der Waals surface area contributed by atoms with Gasteiger partial charge in [0.1, 0.15) is 6.04 Å². The maximum atomic E-state index is 13.6. The van der Waals surface area contributed by atoms with Crippen molar-refractivity contribution in [1.82, 2.24) is 0 Å². The standard InChI is InChI=1S/C14H9ClF2N2/c15-9-4-6-10(7-5-9)19-13(8-18)11-2-1-3-12(16)14(11)17/h1-7,13,19H. The van der Waals surface area contributed by atoms with E-state index < -0.39 is 17.7 Å². The summed E-state index contributed by atoms with van der Waals surface area (Å²) < 4.78 is 26.8. The van der Waals surface area contributed by atoms with Crippen molar-refractivity contribution < 1.29 is 8.78 Å². The average molecular weight is 279 g/mol. The van der Waals surface area contributed by atoms with Gasteiger partial charge in [0.2, 0.25) is 0 Å². The highest BCUT2D eigenvalue weighted by atomic mass is 35.5. The van der Waals surface area contributed by atoms with Gasteiger partial charge >= 0.3 is 0 Å². The van der Waals surface area contributed by atoms with Crippen LogP contribution in [-0.2, 0) is 0 Å². The van der Waals surface area contributed by atoms with Gasteiger partial charge in [0.25, 0.3) is 0 Å². The molecule has 0 fully saturated rings. The molecule has 0 aliphatic heterocycles. The lowest BCUT2D eigenvalue weighted by atomic mass is 10.1. The summed E-state index contributed by atoms with van der Waals surface area (Å²) in [6, 6.07) is 11.3. The maximum Gasteiger partial charge on any atom is 0.165 e. The molecular weight excluding hydrogens is 270 g/mol. The molecule has 1 unspecified atom stereocenters. The minimum Gasteiger partial charge on any atom is -0.366 e. The van der Waals surface area contributed by atoms with Crippen molar-refractivity contribution in [3.8, 4) is 6.07 Å². The summed E-state index contributed by atoms with van der Waals surface area (Å²) >= 11 is 5.74. The first kappa shape index (κ1) is 13.3. The lowest BCUT2D eigenvalue weighted by molar-refractivity contribution is 0.498. The van der Waals surface area contributed by atoms with Crippen LogP contribution in [0.4, 0.5) is 14.5 Å². The minimum atomic E-state index is -1.02. The number of nitrogens with one attached hydrogen (secondary N) is 1. The van der Waals surface area contributed by atoms with Gasteiger partial charge in [-0.25, -0.2) is 8.78 Å². The lowest BCUT2D eigenvalue weighted by Crippen LogP contribution is -2.11. The molecule has 19 heavy (non-hydrogen) atoms. The second kappa shape index (κ2) is 5.68. The van der Waals surface area contributed by atoms with E-state index in [0.717, 1.165) is 6.07 Å². The molecule has 0 bridgehead atoms. The van der Waals surface area contributed by atoms with Crippen LogP contribution in [-0.4, -0.2) is 0 Å². The molecule has 0 spiro atoms. The highest BCUT2D eigenvalue weighted by molar-refractivity contribution is 6.30. The van der Waals surface area contributed by atoms with E-state index >= 15 is 0 Å². The predicted octanol–water partition coefficient (Wildman–Crippen LogP) is 4.29. The van der Waals surface area contributed by atoms with E-state index in [1.54, 1.807) is 24.3 Å². The Bertz CT molecular complexity index is 620. The zero-order valence-electron chi connectivity index (χ0n) is 9.70. The second-order valence-electron chi connectivity index (χ2n) is 3.86. The van der Waals surface area contributed by atoms with Gasteiger partial charge in [-0.2, -0.15) is 5.26 Å². The van der Waals surface area contributed by atoms with E-state index in [1.165, 1.54) is 12.1 Å². The average Bonchev–Trinajstić information content (AvgIpc) is 2.42. The molecule has 0 saturated carbocycles. The van der Waals surface area contributed by atoms with Crippen LogP contribution >= 0.6 is 11.6 Å². The molecular formula is C14H9ClF2N2. The Morgan fingerprint density at radius 3 is 2.42 bits per heavy atom. The molecule has 0 saturated heterocycles. The van der Waals surface area contributed by atoms with Crippen molar-refractivity contribution >= 4 is 17.3 Å². The summed E-state index contributed by atoms with van der Waals surface area (Å²) in [5.74, 6) is -1.99. The van der Waals surface area contributed by atoms with E-state index in [9.17, 15) is 8.78 Å². The normalized spacial score (nSPS) is 11.7. The highest BCUT2D eigenvalue weighted by Gasteiger charge is 2.17. The van der Waals surface area contributed by atoms with Crippen molar-refractivity contribution in [2.75, 3.05) is 5.32 Å². The van der Waals surface area contributed by atoms with E-state index in [2.05, 4.69) is 5.32 Å². The molecule has 0 radical (unpaired) electrons. The smallest absolute Gasteiger partial charge is 0.165 e. The van der Waals surface area contributed by atoms with E-state index in [4.69, 9.17) is 16.9 Å². The summed E-state index contributed by atoms with van der Waals surface area (Å²) in [5, 5.41) is 12.4. The Balaban J connectivity index is 2.28. The molecule has 96 valence electrons. The number of nitriles is 1. The zero-order valence-corrected chi connectivity index (χ0v) is 10.5. The summed E-state index contributed by atoms with van der Waals surface area (Å²) in [5.41, 5.74) is 0.567. The van der Waals surface area contributed by atoms with Gasteiger partial charge in [0.05, 0.1) is 6.07 Å². The van der Waals surface area contributed by atoms with Gasteiger partial charge < -0.3 is 5.32 Å². The summed E-state index contributed by atoms with van der Waals surface area (Å²) in [7, 11) is 0. The molecule has 1 atom stereocenters. The van der Waals surface area contributed by atoms with Crippen molar-refractivity contribution in [1.29, 1.82) is 5.26 Å². The second-order valence-corrected chi connectivity index (χ2v) is 4.29. The monoisotopic (exact) mass is 278 g/mol. The van der Waals surface area contributed by atoms with Gasteiger partial charge in [-0.1, -0.05) is 23.7 Å². The number of rotatable bonds is 3. The topological polar surface area (TPSA) is 35.8 Å². The Labute approximate surface area is 114 Å². The van der Waals surface area contributed by atoms with Crippen LogP contribution in [0, 0.1) is 23.0 Å². The fraction of sp³-hybridized carbons (Fsp3) is 0.0714. The Morgan fingerprint density at radius 1 is 1.11 bits per heavy atom. The summed E-state index contributed by atoms with van der Waals surface area (Å²) in [4.78, 5) is 0. The molecule has 0 aliphatic carbocycles. The molecule has 2 nitrogen and oxygen atoms in total. The Kier molecular flexibility index (Phi) is 3.98. The van der Waals surface area contributed by atoms with E-state index in [1.807, 2.05) is 6.07 Å². The number of nitrogens with zero attached hydrogens (tertiary/aromatic N) is 1. The maximum absolute atomic E-state index is 13.6. The highest BCUT2D eigenvalue weighted by Crippen LogP contribution is 2.23. The minimum absolute atomic E-state index is 0.0301. The van der Waals surface area contributed by atoms with Crippen LogP contribution in [0.1, 0.15) is 11.6 Å². The molecule has 0 heterocycles. The molecule has 0 amide bonds. The lowest BCUT2D eigenvalue weighted by Gasteiger charge is -2.14. The summed E-state index contributed by atoms with van der Waals surface area (Å²) in [6.07, 6.45) is 0. The fourth-order valence-corrected chi connectivity index (χ4v) is 1.76. The fourth-order valence-electron chi connectivity index (χ4n) is 1.64. The van der Waals surface area contributed by atoms with Crippen molar-refractivity contribution in [2.45, 2.75) is 6.04 Å². The first-order valence-corrected chi connectivity index (χ1v) is 5.85. The van der Waals surface area contributed by atoms with Crippen LogP contribution in [0.15, 0.2) is 42.5 Å². The number of benzene rings is 2. The van der Waals surface area contributed by atoms with Crippen molar-refractivity contribution in [3.63, 3.8) is 0 Å². The SMILES string of the molecule is N#CC(Nc1ccc(Cl)cc1)c1cccc(F)c1F. The number of anilines is 1. The number of halogens is 3. The molecule has 0 aliphatic rings. The van der Waals surface area contributed by atoms with Crippen molar-refractivity contribution in [3.05, 3.63) is 64.7 Å². The van der Waals surface area contributed by atoms with Crippen LogP contribution in [0.5, 0.6) is 0 Å². The first-order valence-electron chi connectivity index (χ1n) is 5.47. The van der Waals surface area contributed by atoms with Crippen LogP contribution in [0.3, 0.4) is 0 Å². The molecule has 2 aromatic rings. The predicted molar refractivity (Wildman–Crippen MR) is 69.8 cm³/mol. The van der Waals surface area contributed by atoms with Crippen molar-refractivity contribution in [2.24, 2.45) is 0 Å². The van der Waals surface area contributed by atoms with Gasteiger partial charge in [-0.05, 0) is 30.3 Å². The third-order valence-corrected chi connectivity index (χ3v) is 2.83. The number of hydrogen-bond acceptors (Lipinski definition) is 2. The largest absolute Gasteiger partial charge is 0.366 e. The molecule has 2 rings (SSSR count). The number of hydrogen-bond donors (Lipinski definition) is 1. The molecule has 2 aromatic carbocycles.